The second-order valence-electron chi connectivity index (χ2n) is 5.87. The molecule has 1 saturated carbocycles. The van der Waals surface area contributed by atoms with Crippen molar-refractivity contribution in [2.75, 3.05) is 0 Å². The van der Waals surface area contributed by atoms with Crippen LogP contribution in [-0.4, -0.2) is 10.9 Å². The molecule has 0 heterocycles. The van der Waals surface area contributed by atoms with Crippen molar-refractivity contribution in [3.63, 3.8) is 0 Å². The first-order chi connectivity index (χ1) is 10.7. The van der Waals surface area contributed by atoms with E-state index in [1.54, 1.807) is 0 Å². The van der Waals surface area contributed by atoms with Gasteiger partial charge in [-0.05, 0) is 43.0 Å². The Kier molecular flexibility index (Phi) is 4.47. The fraction of sp³-hybridized carbons (Fsp3) is 0.316. The van der Waals surface area contributed by atoms with Crippen LogP contribution < -0.4 is 0 Å². The van der Waals surface area contributed by atoms with Gasteiger partial charge in [0.2, 0.25) is 0 Å². The molecule has 22 heavy (non-hydrogen) atoms. The van der Waals surface area contributed by atoms with Crippen LogP contribution in [0, 0.1) is 11.3 Å². The maximum absolute atomic E-state index is 9.30. The van der Waals surface area contributed by atoms with Crippen molar-refractivity contribution in [1.29, 1.82) is 5.26 Å². The van der Waals surface area contributed by atoms with E-state index in [0.717, 1.165) is 28.3 Å². The number of rotatable bonds is 5. The highest BCUT2D eigenvalue weighted by Crippen LogP contribution is 2.37. The van der Waals surface area contributed by atoms with Gasteiger partial charge in [-0.25, -0.2) is 0 Å². The molecule has 0 aliphatic heterocycles. The van der Waals surface area contributed by atoms with Gasteiger partial charge in [-0.3, -0.25) is 4.90 Å². The predicted octanol–water partition coefficient (Wildman–Crippen LogP) is 4.94. The molecule has 0 amide bonds. The quantitative estimate of drug-likeness (QED) is 0.782. The second kappa shape index (κ2) is 6.52. The maximum Gasteiger partial charge on any atom is 0.0995 e. The minimum absolute atomic E-state index is 0.243. The highest BCUT2D eigenvalue weighted by molar-refractivity contribution is 6.31. The molecule has 3 rings (SSSR count). The van der Waals surface area contributed by atoms with Gasteiger partial charge in [0.1, 0.15) is 0 Å². The third-order valence-corrected chi connectivity index (χ3v) is 4.70. The summed E-state index contributed by atoms with van der Waals surface area (Å²) in [5.41, 5.74) is 3.01. The summed E-state index contributed by atoms with van der Waals surface area (Å²) in [5.74, 6) is 0. The average molecular weight is 311 g/mol. The van der Waals surface area contributed by atoms with Crippen LogP contribution in [0.3, 0.4) is 0 Å². The minimum atomic E-state index is 0.243. The lowest BCUT2D eigenvalue weighted by Gasteiger charge is -2.30. The molecule has 1 aliphatic carbocycles. The van der Waals surface area contributed by atoms with E-state index in [9.17, 15) is 5.26 Å². The topological polar surface area (TPSA) is 27.0 Å². The highest BCUT2D eigenvalue weighted by Gasteiger charge is 2.33. The Hall–Kier alpha value is -1.82. The van der Waals surface area contributed by atoms with E-state index in [4.69, 9.17) is 11.6 Å². The fourth-order valence-corrected chi connectivity index (χ4v) is 3.24. The molecule has 3 heteroatoms. The lowest BCUT2D eigenvalue weighted by Crippen LogP contribution is -2.29. The molecule has 0 spiro atoms. The summed E-state index contributed by atoms with van der Waals surface area (Å²) in [5, 5.41) is 10.1. The number of hydrogen-bond acceptors (Lipinski definition) is 2. The van der Waals surface area contributed by atoms with Crippen molar-refractivity contribution in [2.24, 2.45) is 0 Å². The van der Waals surface area contributed by atoms with E-state index in [1.807, 2.05) is 42.5 Å². The van der Waals surface area contributed by atoms with Crippen molar-refractivity contribution in [3.05, 3.63) is 70.2 Å². The van der Waals surface area contributed by atoms with Gasteiger partial charge in [0.05, 0.1) is 11.6 Å². The van der Waals surface area contributed by atoms with Gasteiger partial charge in [0, 0.05) is 23.7 Å². The number of nitriles is 1. The SMILES string of the molecule is CC(c1ccccc1Cl)N(Cc1ccccc1C#N)C1CC1. The Morgan fingerprint density at radius 3 is 2.55 bits per heavy atom. The van der Waals surface area contributed by atoms with Gasteiger partial charge >= 0.3 is 0 Å². The van der Waals surface area contributed by atoms with Crippen LogP contribution in [0.2, 0.25) is 5.02 Å². The van der Waals surface area contributed by atoms with Crippen molar-refractivity contribution < 1.29 is 0 Å². The molecule has 1 fully saturated rings. The van der Waals surface area contributed by atoms with Gasteiger partial charge < -0.3 is 0 Å². The zero-order chi connectivity index (χ0) is 15.5. The Balaban J connectivity index is 1.88. The largest absolute Gasteiger partial charge is 0.289 e. The van der Waals surface area contributed by atoms with Crippen molar-refractivity contribution in [2.45, 2.75) is 38.4 Å². The lowest BCUT2D eigenvalue weighted by atomic mass is 10.0. The zero-order valence-corrected chi connectivity index (χ0v) is 13.4. The molecular weight excluding hydrogens is 292 g/mol. The van der Waals surface area contributed by atoms with E-state index in [0.29, 0.717) is 6.04 Å². The van der Waals surface area contributed by atoms with Gasteiger partial charge in [0.25, 0.3) is 0 Å². The number of benzene rings is 2. The summed E-state index contributed by atoms with van der Waals surface area (Å²) in [4.78, 5) is 2.47. The summed E-state index contributed by atoms with van der Waals surface area (Å²) in [6.07, 6.45) is 2.45. The van der Waals surface area contributed by atoms with Crippen LogP contribution in [0.25, 0.3) is 0 Å². The number of nitrogens with zero attached hydrogens (tertiary/aromatic N) is 2. The second-order valence-corrected chi connectivity index (χ2v) is 6.28. The first-order valence-electron chi connectivity index (χ1n) is 7.69. The smallest absolute Gasteiger partial charge is 0.0995 e. The normalized spacial score (nSPS) is 15.5. The minimum Gasteiger partial charge on any atom is -0.289 e. The molecule has 0 saturated heterocycles. The molecule has 1 aliphatic rings. The molecule has 2 aromatic carbocycles. The highest BCUT2D eigenvalue weighted by atomic mass is 35.5. The fourth-order valence-electron chi connectivity index (χ4n) is 2.94. The Morgan fingerprint density at radius 1 is 1.18 bits per heavy atom. The van der Waals surface area contributed by atoms with E-state index in [-0.39, 0.29) is 6.04 Å². The van der Waals surface area contributed by atoms with Gasteiger partial charge in [-0.2, -0.15) is 5.26 Å². The van der Waals surface area contributed by atoms with Crippen LogP contribution in [0.15, 0.2) is 48.5 Å². The molecule has 0 aromatic heterocycles. The van der Waals surface area contributed by atoms with Crippen LogP contribution in [0.4, 0.5) is 0 Å². The van der Waals surface area contributed by atoms with E-state index < -0.39 is 0 Å². The third-order valence-electron chi connectivity index (χ3n) is 4.36. The molecule has 0 radical (unpaired) electrons. The summed E-state index contributed by atoms with van der Waals surface area (Å²) in [6.45, 7) is 3.00. The maximum atomic E-state index is 9.30. The predicted molar refractivity (Wildman–Crippen MR) is 89.6 cm³/mol. The van der Waals surface area contributed by atoms with E-state index in [2.05, 4.69) is 24.0 Å². The molecular formula is C19H19ClN2. The molecule has 0 N–H and O–H groups in total. The zero-order valence-electron chi connectivity index (χ0n) is 12.7. The first-order valence-corrected chi connectivity index (χ1v) is 8.06. The molecule has 112 valence electrons. The van der Waals surface area contributed by atoms with E-state index in [1.165, 1.54) is 12.8 Å². The Morgan fingerprint density at radius 2 is 1.86 bits per heavy atom. The third kappa shape index (κ3) is 3.16. The van der Waals surface area contributed by atoms with Gasteiger partial charge in [0.15, 0.2) is 0 Å². The molecule has 2 nitrogen and oxygen atoms in total. The standard InChI is InChI=1S/C19H19ClN2/c1-14(18-8-4-5-9-19(18)20)22(17-10-11-17)13-16-7-3-2-6-15(16)12-21/h2-9,14,17H,10-11,13H2,1H3. The monoisotopic (exact) mass is 310 g/mol. The van der Waals surface area contributed by atoms with Crippen molar-refractivity contribution in [1.82, 2.24) is 4.90 Å². The van der Waals surface area contributed by atoms with Crippen molar-refractivity contribution >= 4 is 11.6 Å². The Labute approximate surface area is 136 Å². The average Bonchev–Trinajstić information content (AvgIpc) is 3.37. The van der Waals surface area contributed by atoms with Crippen molar-refractivity contribution in [3.8, 4) is 6.07 Å². The molecule has 0 bridgehead atoms. The van der Waals surface area contributed by atoms with Gasteiger partial charge in [-0.1, -0.05) is 48.0 Å². The lowest BCUT2D eigenvalue weighted by molar-refractivity contribution is 0.190. The first kappa shape index (κ1) is 15.1. The van der Waals surface area contributed by atoms with Gasteiger partial charge in [-0.15, -0.1) is 0 Å². The van der Waals surface area contributed by atoms with Crippen LogP contribution in [0.5, 0.6) is 0 Å². The van der Waals surface area contributed by atoms with E-state index >= 15 is 0 Å². The number of hydrogen-bond donors (Lipinski definition) is 0. The van der Waals surface area contributed by atoms with Crippen LogP contribution in [-0.2, 0) is 6.54 Å². The van der Waals surface area contributed by atoms with Crippen LogP contribution >= 0.6 is 11.6 Å². The summed E-state index contributed by atoms with van der Waals surface area (Å²) in [6, 6.07) is 19.0. The summed E-state index contributed by atoms with van der Waals surface area (Å²) in [7, 11) is 0. The molecule has 1 unspecified atom stereocenters. The Bertz CT molecular complexity index is 701. The molecule has 2 aromatic rings. The summed E-state index contributed by atoms with van der Waals surface area (Å²) >= 11 is 6.37. The summed E-state index contributed by atoms with van der Waals surface area (Å²) < 4.78 is 0. The molecule has 1 atom stereocenters. The number of halogens is 1. The van der Waals surface area contributed by atoms with Crippen LogP contribution in [0.1, 0.15) is 42.5 Å².